The van der Waals surface area contributed by atoms with Gasteiger partial charge in [-0.3, -0.25) is 4.90 Å². The Morgan fingerprint density at radius 3 is 2.52 bits per heavy atom. The van der Waals surface area contributed by atoms with E-state index >= 15 is 0 Å². The zero-order valence-electron chi connectivity index (χ0n) is 15.3. The first-order valence-electron chi connectivity index (χ1n) is 9.32. The molecule has 2 aromatic rings. The molecule has 0 unspecified atom stereocenters. The summed E-state index contributed by atoms with van der Waals surface area (Å²) in [6, 6.07) is 5.80. The normalized spacial score (nSPS) is 20.1. The Labute approximate surface area is 164 Å². The van der Waals surface area contributed by atoms with Crippen molar-refractivity contribution in [1.82, 2.24) is 4.31 Å². The standard InChI is InChI=1S/C18H24N4O3S2/c23-27(24,22-8-10-25-11-9-22)17-1-2-18(19-13-17)21-6-4-20(5-7-21)14-16-3-12-26-15-16/h1-3,12-13,15H,4-11,14H2/p+2. The van der Waals surface area contributed by atoms with Gasteiger partial charge in [-0.05, 0) is 22.9 Å². The van der Waals surface area contributed by atoms with E-state index in [1.807, 2.05) is 6.07 Å². The second-order valence-electron chi connectivity index (χ2n) is 6.97. The van der Waals surface area contributed by atoms with E-state index in [1.54, 1.807) is 28.5 Å². The zero-order valence-corrected chi connectivity index (χ0v) is 16.9. The fourth-order valence-corrected chi connectivity index (χ4v) is 5.66. The summed E-state index contributed by atoms with van der Waals surface area (Å²) >= 11 is 1.75. The molecule has 27 heavy (non-hydrogen) atoms. The highest BCUT2D eigenvalue weighted by atomic mass is 32.2. The number of pyridine rings is 1. The van der Waals surface area contributed by atoms with Gasteiger partial charge < -0.3 is 9.64 Å². The maximum absolute atomic E-state index is 12.7. The van der Waals surface area contributed by atoms with Gasteiger partial charge in [0.1, 0.15) is 43.8 Å². The molecule has 0 radical (unpaired) electrons. The van der Waals surface area contributed by atoms with Gasteiger partial charge in [0.25, 0.3) is 5.82 Å². The summed E-state index contributed by atoms with van der Waals surface area (Å²) in [7, 11) is -3.45. The number of hydrogen-bond acceptors (Lipinski definition) is 5. The Bertz CT molecular complexity index is 826. The molecule has 0 bridgehead atoms. The summed E-state index contributed by atoms with van der Waals surface area (Å²) in [6.07, 6.45) is 1.62. The van der Waals surface area contributed by atoms with Crippen molar-refractivity contribution in [3.63, 3.8) is 0 Å². The monoisotopic (exact) mass is 410 g/mol. The summed E-state index contributed by atoms with van der Waals surface area (Å²) in [4.78, 5) is 7.40. The molecule has 0 atom stereocenters. The third kappa shape index (κ3) is 4.33. The van der Waals surface area contributed by atoms with Crippen LogP contribution in [-0.4, -0.2) is 65.2 Å². The molecule has 4 rings (SSSR count). The molecule has 7 nitrogen and oxygen atoms in total. The number of H-pyrrole nitrogens is 1. The number of thiophene rings is 1. The van der Waals surface area contributed by atoms with Gasteiger partial charge in [-0.25, -0.2) is 13.4 Å². The molecule has 0 aliphatic carbocycles. The first-order chi connectivity index (χ1) is 13.1. The predicted octanol–water partition coefficient (Wildman–Crippen LogP) is -0.512. The minimum absolute atomic E-state index is 0.315. The van der Waals surface area contributed by atoms with E-state index in [0.29, 0.717) is 31.2 Å². The van der Waals surface area contributed by atoms with Gasteiger partial charge in [-0.15, -0.1) is 0 Å². The molecule has 2 aliphatic rings. The van der Waals surface area contributed by atoms with Crippen LogP contribution in [0.1, 0.15) is 5.56 Å². The van der Waals surface area contributed by atoms with Crippen molar-refractivity contribution < 1.29 is 23.0 Å². The number of anilines is 1. The molecule has 0 amide bonds. The number of ether oxygens (including phenoxy) is 1. The minimum Gasteiger partial charge on any atom is -0.379 e. The van der Waals surface area contributed by atoms with Crippen LogP contribution in [0.25, 0.3) is 0 Å². The first kappa shape index (κ1) is 18.8. The lowest BCUT2D eigenvalue weighted by molar-refractivity contribution is -0.914. The van der Waals surface area contributed by atoms with Crippen LogP contribution >= 0.6 is 11.3 Å². The van der Waals surface area contributed by atoms with Gasteiger partial charge in [0.15, 0.2) is 0 Å². The largest absolute Gasteiger partial charge is 0.379 e. The number of aromatic amines is 1. The van der Waals surface area contributed by atoms with Crippen molar-refractivity contribution in [1.29, 1.82) is 0 Å². The molecule has 0 saturated carbocycles. The molecular formula is C18H26N4O3S2+2. The third-order valence-electron chi connectivity index (χ3n) is 5.22. The molecule has 2 aromatic heterocycles. The number of piperazine rings is 1. The predicted molar refractivity (Wildman–Crippen MR) is 104 cm³/mol. The average molecular weight is 411 g/mol. The fraction of sp³-hybridized carbons (Fsp3) is 0.500. The maximum atomic E-state index is 12.7. The van der Waals surface area contributed by atoms with Gasteiger partial charge in [-0.2, -0.15) is 15.6 Å². The molecule has 146 valence electrons. The van der Waals surface area contributed by atoms with Crippen molar-refractivity contribution in [3.8, 4) is 0 Å². The van der Waals surface area contributed by atoms with E-state index in [0.717, 1.165) is 38.5 Å². The van der Waals surface area contributed by atoms with E-state index in [-0.39, 0.29) is 0 Å². The molecule has 0 spiro atoms. The molecule has 2 fully saturated rings. The van der Waals surface area contributed by atoms with Crippen LogP contribution in [0.2, 0.25) is 0 Å². The summed E-state index contributed by atoms with van der Waals surface area (Å²) < 4.78 is 32.1. The number of sulfonamides is 1. The van der Waals surface area contributed by atoms with Crippen LogP contribution in [0.4, 0.5) is 5.82 Å². The van der Waals surface area contributed by atoms with Gasteiger partial charge in [0.2, 0.25) is 10.0 Å². The topological polar surface area (TPSA) is 68.4 Å². The highest BCUT2D eigenvalue weighted by Gasteiger charge is 2.29. The molecule has 4 heterocycles. The number of nitrogens with one attached hydrogen (secondary N) is 2. The Morgan fingerprint density at radius 1 is 1.11 bits per heavy atom. The van der Waals surface area contributed by atoms with Crippen molar-refractivity contribution >= 4 is 27.2 Å². The second-order valence-corrected chi connectivity index (χ2v) is 9.69. The molecule has 0 aromatic carbocycles. The van der Waals surface area contributed by atoms with Gasteiger partial charge in [0, 0.05) is 24.7 Å². The zero-order chi connectivity index (χ0) is 18.7. The number of quaternary nitrogens is 1. The van der Waals surface area contributed by atoms with E-state index < -0.39 is 10.0 Å². The number of aromatic nitrogens is 1. The number of nitrogens with zero attached hydrogens (tertiary/aromatic N) is 2. The lowest BCUT2D eigenvalue weighted by Gasteiger charge is -2.28. The van der Waals surface area contributed by atoms with Crippen LogP contribution in [0.3, 0.4) is 0 Å². The quantitative estimate of drug-likeness (QED) is 0.721. The fourth-order valence-electron chi connectivity index (χ4n) is 3.62. The Morgan fingerprint density at radius 2 is 1.89 bits per heavy atom. The van der Waals surface area contributed by atoms with Crippen molar-refractivity contribution in [2.45, 2.75) is 11.4 Å². The van der Waals surface area contributed by atoms with Gasteiger partial charge >= 0.3 is 0 Å². The van der Waals surface area contributed by atoms with Crippen LogP contribution < -0.4 is 14.8 Å². The Balaban J connectivity index is 1.36. The molecule has 9 heteroatoms. The average Bonchev–Trinajstić information content (AvgIpc) is 3.22. The lowest BCUT2D eigenvalue weighted by Crippen LogP contribution is -3.13. The highest BCUT2D eigenvalue weighted by Crippen LogP contribution is 2.17. The highest BCUT2D eigenvalue weighted by molar-refractivity contribution is 7.89. The first-order valence-corrected chi connectivity index (χ1v) is 11.7. The van der Waals surface area contributed by atoms with Crippen molar-refractivity contribution in [3.05, 3.63) is 40.7 Å². The lowest BCUT2D eigenvalue weighted by atomic mass is 10.2. The number of rotatable bonds is 5. The summed E-state index contributed by atoms with van der Waals surface area (Å²) in [5.74, 6) is 0.977. The van der Waals surface area contributed by atoms with Crippen molar-refractivity contribution in [2.24, 2.45) is 0 Å². The Hall–Kier alpha value is -1.52. The van der Waals surface area contributed by atoms with Crippen molar-refractivity contribution in [2.75, 3.05) is 57.4 Å². The van der Waals surface area contributed by atoms with Gasteiger partial charge in [0.05, 0.1) is 13.2 Å². The Kier molecular flexibility index (Phi) is 5.74. The minimum atomic E-state index is -3.45. The number of hydrogen-bond donors (Lipinski definition) is 1. The second kappa shape index (κ2) is 8.24. The maximum Gasteiger partial charge on any atom is 0.274 e. The van der Waals surface area contributed by atoms with Gasteiger partial charge in [-0.1, -0.05) is 0 Å². The van der Waals surface area contributed by atoms with E-state index in [4.69, 9.17) is 4.74 Å². The van der Waals surface area contributed by atoms with Crippen LogP contribution in [0.5, 0.6) is 0 Å². The number of morpholine rings is 1. The van der Waals surface area contributed by atoms with Crippen LogP contribution in [-0.2, 0) is 21.3 Å². The molecule has 2 aliphatic heterocycles. The molecule has 2 N–H and O–H groups in total. The molecule has 2 saturated heterocycles. The van der Waals surface area contributed by atoms with Crippen LogP contribution in [0, 0.1) is 0 Å². The van der Waals surface area contributed by atoms with Crippen LogP contribution in [0.15, 0.2) is 40.1 Å². The smallest absolute Gasteiger partial charge is 0.274 e. The summed E-state index contributed by atoms with van der Waals surface area (Å²) in [5, 5.41) is 4.35. The van der Waals surface area contributed by atoms with E-state index in [2.05, 4.69) is 26.7 Å². The SMILES string of the molecule is O=S(=O)(c1ccc(N2CC[NH+](Cc3ccsc3)CC2)[nH+]c1)N1CCOCC1. The van der Waals surface area contributed by atoms with E-state index in [9.17, 15) is 8.42 Å². The molecular weight excluding hydrogens is 384 g/mol. The summed E-state index contributed by atoms with van der Waals surface area (Å²) in [5.41, 5.74) is 1.41. The summed E-state index contributed by atoms with van der Waals surface area (Å²) in [6.45, 7) is 6.92. The van der Waals surface area contributed by atoms with E-state index in [1.165, 1.54) is 9.87 Å². The third-order valence-corrected chi connectivity index (χ3v) is 7.85.